The van der Waals surface area contributed by atoms with E-state index in [2.05, 4.69) is 10.6 Å². The molecule has 1 amide bonds. The first-order valence-corrected chi connectivity index (χ1v) is 7.84. The van der Waals surface area contributed by atoms with Crippen LogP contribution in [-0.2, 0) is 4.74 Å². The minimum Gasteiger partial charge on any atom is -0.486 e. The van der Waals surface area contributed by atoms with E-state index in [1.807, 2.05) is 27.7 Å². The van der Waals surface area contributed by atoms with E-state index in [9.17, 15) is 4.79 Å². The Kier molecular flexibility index (Phi) is 6.77. The Morgan fingerprint density at radius 3 is 2.48 bits per heavy atom. The summed E-state index contributed by atoms with van der Waals surface area (Å²) >= 11 is 1.29. The summed E-state index contributed by atoms with van der Waals surface area (Å²) in [6, 6.07) is 0. The quantitative estimate of drug-likeness (QED) is 0.641. The van der Waals surface area contributed by atoms with Crippen molar-refractivity contribution in [1.29, 1.82) is 0 Å². The molecule has 21 heavy (non-hydrogen) atoms. The van der Waals surface area contributed by atoms with Gasteiger partial charge < -0.3 is 25.8 Å². The molecule has 0 saturated heterocycles. The molecule has 0 bridgehead atoms. The van der Waals surface area contributed by atoms with Gasteiger partial charge in [0.25, 0.3) is 5.91 Å². The lowest BCUT2D eigenvalue weighted by molar-refractivity contribution is 0.0870. The van der Waals surface area contributed by atoms with E-state index in [0.717, 1.165) is 5.00 Å². The van der Waals surface area contributed by atoms with Crippen molar-refractivity contribution >= 4 is 27.9 Å². The first-order chi connectivity index (χ1) is 9.86. The molecule has 0 saturated carbocycles. The molecule has 120 valence electrons. The molecule has 0 aliphatic carbocycles. The predicted octanol–water partition coefficient (Wildman–Crippen LogP) is 2.31. The zero-order chi connectivity index (χ0) is 16.0. The molecule has 0 unspecified atom stereocenters. The van der Waals surface area contributed by atoms with Gasteiger partial charge in [-0.1, -0.05) is 0 Å². The number of rotatable bonds is 8. The highest BCUT2D eigenvalue weighted by atomic mass is 32.1. The molecule has 7 heteroatoms. The van der Waals surface area contributed by atoms with Gasteiger partial charge in [-0.3, -0.25) is 4.79 Å². The summed E-state index contributed by atoms with van der Waals surface area (Å²) in [4.78, 5) is 12.3. The van der Waals surface area contributed by atoms with Gasteiger partial charge in [-0.15, -0.1) is 11.3 Å². The number of carbonyl (C=O) groups excluding carboxylic acids is 1. The van der Waals surface area contributed by atoms with Gasteiger partial charge in [-0.2, -0.15) is 0 Å². The minimum atomic E-state index is -0.211. The fourth-order valence-electron chi connectivity index (χ4n) is 1.64. The van der Waals surface area contributed by atoms with Crippen molar-refractivity contribution < 1.29 is 14.3 Å². The lowest BCUT2D eigenvalue weighted by atomic mass is 10.3. The van der Waals surface area contributed by atoms with Gasteiger partial charge in [0.05, 0.1) is 18.8 Å². The number of anilines is 2. The molecule has 0 aliphatic heterocycles. The molecule has 1 aromatic heterocycles. The monoisotopic (exact) mass is 315 g/mol. The van der Waals surface area contributed by atoms with Crippen molar-refractivity contribution in [2.24, 2.45) is 0 Å². The number of amides is 1. The number of ether oxygens (including phenoxy) is 2. The Labute approximate surface area is 130 Å². The van der Waals surface area contributed by atoms with E-state index in [1.165, 1.54) is 11.3 Å². The lowest BCUT2D eigenvalue weighted by Gasteiger charge is -2.13. The van der Waals surface area contributed by atoms with Crippen LogP contribution in [0.2, 0.25) is 0 Å². The maximum absolute atomic E-state index is 11.8. The Morgan fingerprint density at radius 2 is 1.95 bits per heavy atom. The van der Waals surface area contributed by atoms with Gasteiger partial charge in [0.2, 0.25) is 0 Å². The van der Waals surface area contributed by atoms with Gasteiger partial charge in [0.1, 0.15) is 15.6 Å². The van der Waals surface area contributed by atoms with Crippen molar-refractivity contribution in [2.45, 2.75) is 39.9 Å². The van der Waals surface area contributed by atoms with Crippen LogP contribution in [0.3, 0.4) is 0 Å². The maximum atomic E-state index is 11.8. The molecule has 0 radical (unpaired) electrons. The van der Waals surface area contributed by atoms with E-state index >= 15 is 0 Å². The third-order valence-electron chi connectivity index (χ3n) is 2.53. The largest absolute Gasteiger partial charge is 0.486 e. The normalized spacial score (nSPS) is 11.0. The molecule has 4 N–H and O–H groups in total. The Balaban J connectivity index is 2.86. The predicted molar refractivity (Wildman–Crippen MR) is 87.5 cm³/mol. The first kappa shape index (κ1) is 17.6. The molecule has 6 nitrogen and oxygen atoms in total. The van der Waals surface area contributed by atoms with Crippen LogP contribution >= 0.6 is 11.3 Å². The maximum Gasteiger partial charge on any atom is 0.263 e. The van der Waals surface area contributed by atoms with Crippen LogP contribution < -0.4 is 21.1 Å². The average Bonchev–Trinajstić information content (AvgIpc) is 2.71. The van der Waals surface area contributed by atoms with Crippen LogP contribution in [-0.4, -0.2) is 38.3 Å². The second-order valence-electron chi connectivity index (χ2n) is 5.10. The first-order valence-electron chi connectivity index (χ1n) is 7.03. The van der Waals surface area contributed by atoms with Gasteiger partial charge in [0.15, 0.2) is 5.75 Å². The lowest BCUT2D eigenvalue weighted by Crippen LogP contribution is -2.17. The number of hydrogen-bond acceptors (Lipinski definition) is 6. The molecule has 0 fully saturated rings. The van der Waals surface area contributed by atoms with Crippen LogP contribution in [0.25, 0.3) is 0 Å². The van der Waals surface area contributed by atoms with Crippen molar-refractivity contribution in [3.63, 3.8) is 0 Å². The van der Waals surface area contributed by atoms with Crippen molar-refractivity contribution in [3.05, 3.63) is 4.88 Å². The van der Waals surface area contributed by atoms with E-state index < -0.39 is 0 Å². The number of carbonyl (C=O) groups is 1. The molecule has 0 aromatic carbocycles. The van der Waals surface area contributed by atoms with Gasteiger partial charge in [-0.05, 0) is 27.7 Å². The molecule has 1 rings (SSSR count). The van der Waals surface area contributed by atoms with Crippen LogP contribution in [0.15, 0.2) is 0 Å². The average molecular weight is 315 g/mol. The number of nitrogens with one attached hydrogen (secondary N) is 2. The van der Waals surface area contributed by atoms with Crippen LogP contribution in [0.1, 0.15) is 37.4 Å². The molecule has 0 aliphatic rings. The highest BCUT2D eigenvalue weighted by Crippen LogP contribution is 2.43. The summed E-state index contributed by atoms with van der Waals surface area (Å²) < 4.78 is 11.2. The third kappa shape index (κ3) is 5.09. The van der Waals surface area contributed by atoms with Crippen LogP contribution in [0.5, 0.6) is 5.75 Å². The highest BCUT2D eigenvalue weighted by Gasteiger charge is 2.22. The standard InChI is InChI=1S/C14H25N3O3S/c1-8(2)19-7-6-17-14-11(20-9(3)4)10(15)12(21-14)13(18)16-5/h8-9,17H,6-7,15H2,1-5H3,(H,16,18). The second-order valence-corrected chi connectivity index (χ2v) is 6.12. The van der Waals surface area contributed by atoms with Crippen LogP contribution in [0, 0.1) is 0 Å². The Bertz CT molecular complexity index is 472. The zero-order valence-electron chi connectivity index (χ0n) is 13.3. The fourth-order valence-corrected chi connectivity index (χ4v) is 2.67. The zero-order valence-corrected chi connectivity index (χ0v) is 14.1. The smallest absolute Gasteiger partial charge is 0.263 e. The molecule has 0 atom stereocenters. The fraction of sp³-hybridized carbons (Fsp3) is 0.643. The number of thiophene rings is 1. The van der Waals surface area contributed by atoms with Crippen molar-refractivity contribution in [2.75, 3.05) is 31.2 Å². The topological polar surface area (TPSA) is 85.6 Å². The summed E-state index contributed by atoms with van der Waals surface area (Å²) in [7, 11) is 1.58. The third-order valence-corrected chi connectivity index (χ3v) is 3.67. The van der Waals surface area contributed by atoms with E-state index in [-0.39, 0.29) is 18.1 Å². The molecule has 0 spiro atoms. The Morgan fingerprint density at radius 1 is 1.29 bits per heavy atom. The minimum absolute atomic E-state index is 0.0214. The summed E-state index contributed by atoms with van der Waals surface area (Å²) in [5, 5.41) is 6.56. The summed E-state index contributed by atoms with van der Waals surface area (Å²) in [5.74, 6) is 0.329. The van der Waals surface area contributed by atoms with Crippen LogP contribution in [0.4, 0.5) is 10.7 Å². The summed E-state index contributed by atoms with van der Waals surface area (Å²) in [6.07, 6.45) is 0.167. The van der Waals surface area contributed by atoms with Gasteiger partial charge in [0, 0.05) is 13.6 Å². The van der Waals surface area contributed by atoms with Gasteiger partial charge >= 0.3 is 0 Å². The summed E-state index contributed by atoms with van der Waals surface area (Å²) in [5.41, 5.74) is 6.41. The number of nitrogens with two attached hydrogens (primary N) is 1. The number of hydrogen-bond donors (Lipinski definition) is 3. The van der Waals surface area contributed by atoms with Crippen molar-refractivity contribution in [1.82, 2.24) is 5.32 Å². The molecule has 1 heterocycles. The molecular weight excluding hydrogens is 290 g/mol. The Hall–Kier alpha value is -1.47. The van der Waals surface area contributed by atoms with Gasteiger partial charge in [-0.25, -0.2) is 0 Å². The van der Waals surface area contributed by atoms with E-state index in [4.69, 9.17) is 15.2 Å². The van der Waals surface area contributed by atoms with Crippen molar-refractivity contribution in [3.8, 4) is 5.75 Å². The number of nitrogen functional groups attached to an aromatic ring is 1. The molecule has 1 aromatic rings. The van der Waals surface area contributed by atoms with E-state index in [1.54, 1.807) is 7.05 Å². The SMILES string of the molecule is CNC(=O)c1sc(NCCOC(C)C)c(OC(C)C)c1N. The highest BCUT2D eigenvalue weighted by molar-refractivity contribution is 7.19. The second kappa shape index (κ2) is 8.09. The summed E-state index contributed by atoms with van der Waals surface area (Å²) in [6.45, 7) is 9.01. The molecular formula is C14H25N3O3S. The van der Waals surface area contributed by atoms with E-state index in [0.29, 0.717) is 29.5 Å².